The second kappa shape index (κ2) is 10.4. The lowest BCUT2D eigenvalue weighted by Crippen LogP contribution is -2.40. The van der Waals surface area contributed by atoms with Crippen LogP contribution in [0.5, 0.6) is 5.75 Å². The number of hydrogen-bond acceptors (Lipinski definition) is 6. The summed E-state index contributed by atoms with van der Waals surface area (Å²) in [5.41, 5.74) is 0.785. The van der Waals surface area contributed by atoms with E-state index in [1.165, 1.54) is 17.6 Å². The average molecular weight is 491 g/mol. The van der Waals surface area contributed by atoms with Crippen LogP contribution in [0.3, 0.4) is 0 Å². The van der Waals surface area contributed by atoms with Crippen molar-refractivity contribution in [2.24, 2.45) is 5.92 Å². The van der Waals surface area contributed by atoms with Crippen molar-refractivity contribution in [2.45, 2.75) is 32.0 Å². The lowest BCUT2D eigenvalue weighted by Gasteiger charge is -2.30. The molecule has 1 aliphatic heterocycles. The van der Waals surface area contributed by atoms with E-state index in [0.717, 1.165) is 34.4 Å². The first-order valence-corrected chi connectivity index (χ1v) is 11.7. The summed E-state index contributed by atoms with van der Waals surface area (Å²) in [5, 5.41) is 3.62. The van der Waals surface area contributed by atoms with Gasteiger partial charge in [0.25, 0.3) is 0 Å². The van der Waals surface area contributed by atoms with Gasteiger partial charge in [0.15, 0.2) is 0 Å². The number of carbonyl (C=O) groups is 1. The number of carbonyl (C=O) groups excluding carboxylic acids is 1. The van der Waals surface area contributed by atoms with Gasteiger partial charge in [0, 0.05) is 43.5 Å². The number of aromatic nitrogens is 2. The maximum atomic E-state index is 12.9. The van der Waals surface area contributed by atoms with Crippen LogP contribution in [0.1, 0.15) is 35.4 Å². The van der Waals surface area contributed by atoms with E-state index in [4.69, 9.17) is 4.74 Å². The summed E-state index contributed by atoms with van der Waals surface area (Å²) >= 11 is 1.35. The van der Waals surface area contributed by atoms with Crippen molar-refractivity contribution in [3.63, 3.8) is 0 Å². The molecule has 1 aromatic heterocycles. The number of benzene rings is 2. The number of nitrogens with one attached hydrogen (secondary N) is 1. The number of ether oxygens (including phenoxy) is 1. The number of halogens is 3. The molecule has 10 heteroatoms. The normalized spacial score (nSPS) is 14.8. The SMILES string of the molecule is COc1cccc(Cc2nsc(N3CCC(C(=O)NCc4cccc(C(F)(F)F)c4)CC3)n2)c1. The number of alkyl halides is 3. The van der Waals surface area contributed by atoms with Crippen LogP contribution in [-0.2, 0) is 23.9 Å². The predicted molar refractivity (Wildman–Crippen MR) is 124 cm³/mol. The lowest BCUT2D eigenvalue weighted by molar-refractivity contribution is -0.137. The van der Waals surface area contributed by atoms with Crippen molar-refractivity contribution in [1.29, 1.82) is 0 Å². The highest BCUT2D eigenvalue weighted by Crippen LogP contribution is 2.30. The van der Waals surface area contributed by atoms with Crippen molar-refractivity contribution >= 4 is 22.6 Å². The predicted octanol–water partition coefficient (Wildman–Crippen LogP) is 4.69. The van der Waals surface area contributed by atoms with E-state index >= 15 is 0 Å². The molecule has 0 spiro atoms. The first-order valence-electron chi connectivity index (χ1n) is 11.0. The van der Waals surface area contributed by atoms with Gasteiger partial charge in [0.05, 0.1) is 12.7 Å². The molecule has 34 heavy (non-hydrogen) atoms. The molecule has 1 saturated heterocycles. The van der Waals surface area contributed by atoms with E-state index in [-0.39, 0.29) is 18.4 Å². The molecule has 2 aromatic carbocycles. The minimum absolute atomic E-state index is 0.0764. The number of anilines is 1. The number of hydrogen-bond donors (Lipinski definition) is 1. The number of nitrogens with zero attached hydrogens (tertiary/aromatic N) is 3. The Morgan fingerprint density at radius 1 is 1.15 bits per heavy atom. The summed E-state index contributed by atoms with van der Waals surface area (Å²) < 4.78 is 48.3. The van der Waals surface area contributed by atoms with E-state index in [1.54, 1.807) is 13.2 Å². The fourth-order valence-corrected chi connectivity index (χ4v) is 4.67. The molecule has 0 atom stereocenters. The molecule has 1 N–H and O–H groups in total. The summed E-state index contributed by atoms with van der Waals surface area (Å²) in [5.74, 6) is 1.23. The highest BCUT2D eigenvalue weighted by atomic mass is 32.1. The Morgan fingerprint density at radius 3 is 2.62 bits per heavy atom. The highest BCUT2D eigenvalue weighted by molar-refractivity contribution is 7.09. The number of amides is 1. The van der Waals surface area contributed by atoms with Gasteiger partial charge in [0.2, 0.25) is 11.0 Å². The van der Waals surface area contributed by atoms with Gasteiger partial charge >= 0.3 is 6.18 Å². The second-order valence-corrected chi connectivity index (χ2v) is 8.93. The van der Waals surface area contributed by atoms with Crippen LogP contribution >= 0.6 is 11.5 Å². The van der Waals surface area contributed by atoms with Gasteiger partial charge in [-0.1, -0.05) is 24.3 Å². The van der Waals surface area contributed by atoms with Crippen molar-refractivity contribution in [2.75, 3.05) is 25.1 Å². The quantitative estimate of drug-likeness (QED) is 0.521. The molecule has 0 bridgehead atoms. The summed E-state index contributed by atoms with van der Waals surface area (Å²) in [6, 6.07) is 12.8. The molecular formula is C24H25F3N4O2S. The summed E-state index contributed by atoms with van der Waals surface area (Å²) in [6.07, 6.45) is -2.48. The highest BCUT2D eigenvalue weighted by Gasteiger charge is 2.30. The van der Waals surface area contributed by atoms with Crippen molar-refractivity contribution in [1.82, 2.24) is 14.7 Å². The molecule has 3 aromatic rings. The Kier molecular flexibility index (Phi) is 7.35. The molecule has 0 unspecified atom stereocenters. The third kappa shape index (κ3) is 6.05. The standard InChI is InChI=1S/C24H25F3N4O2S/c1-33-20-7-3-4-16(13-20)14-21-29-23(34-30-21)31-10-8-18(9-11-31)22(32)28-15-17-5-2-6-19(12-17)24(25,26)27/h2-7,12-13,18H,8-11,14-15H2,1H3,(H,28,32). The molecular weight excluding hydrogens is 465 g/mol. The molecule has 180 valence electrons. The van der Waals surface area contributed by atoms with E-state index in [0.29, 0.717) is 37.9 Å². The molecule has 1 aliphatic rings. The van der Waals surface area contributed by atoms with Gasteiger partial charge in [-0.25, -0.2) is 4.98 Å². The maximum Gasteiger partial charge on any atom is 0.416 e. The number of piperidine rings is 1. The molecule has 0 aliphatic carbocycles. The van der Waals surface area contributed by atoms with E-state index in [9.17, 15) is 18.0 Å². The van der Waals surface area contributed by atoms with Crippen LogP contribution in [0.2, 0.25) is 0 Å². The van der Waals surface area contributed by atoms with Gasteiger partial charge in [0.1, 0.15) is 11.6 Å². The minimum Gasteiger partial charge on any atom is -0.497 e. The third-order valence-electron chi connectivity index (χ3n) is 5.81. The Balaban J connectivity index is 1.27. The van der Waals surface area contributed by atoms with Gasteiger partial charge in [-0.15, -0.1) is 0 Å². The maximum absolute atomic E-state index is 12.9. The monoisotopic (exact) mass is 490 g/mol. The fourth-order valence-electron chi connectivity index (χ4n) is 3.93. The zero-order chi connectivity index (χ0) is 24.1. The first-order chi connectivity index (χ1) is 16.3. The Bertz CT molecular complexity index is 1130. The molecule has 0 radical (unpaired) electrons. The van der Waals surface area contributed by atoms with E-state index < -0.39 is 11.7 Å². The average Bonchev–Trinajstić information content (AvgIpc) is 3.31. The van der Waals surface area contributed by atoms with Crippen LogP contribution in [0.15, 0.2) is 48.5 Å². The minimum atomic E-state index is -4.40. The number of rotatable bonds is 7. The topological polar surface area (TPSA) is 67.3 Å². The third-order valence-corrected chi connectivity index (χ3v) is 6.63. The molecule has 2 heterocycles. The Hall–Kier alpha value is -3.14. The summed E-state index contributed by atoms with van der Waals surface area (Å²) in [6.45, 7) is 1.43. The molecule has 1 amide bonds. The van der Waals surface area contributed by atoms with E-state index in [1.807, 2.05) is 24.3 Å². The van der Waals surface area contributed by atoms with Gasteiger partial charge in [-0.2, -0.15) is 17.5 Å². The Morgan fingerprint density at radius 2 is 1.88 bits per heavy atom. The van der Waals surface area contributed by atoms with Gasteiger partial charge in [-0.3, -0.25) is 4.79 Å². The van der Waals surface area contributed by atoms with Crippen molar-refractivity contribution in [3.05, 3.63) is 71.0 Å². The van der Waals surface area contributed by atoms with Crippen LogP contribution in [0, 0.1) is 5.92 Å². The first kappa shape index (κ1) is 24.0. The number of methoxy groups -OCH3 is 1. The van der Waals surface area contributed by atoms with Crippen molar-refractivity contribution in [3.8, 4) is 5.75 Å². The summed E-state index contributed by atoms with van der Waals surface area (Å²) in [7, 11) is 1.63. The smallest absolute Gasteiger partial charge is 0.416 e. The Labute approximate surface area is 199 Å². The zero-order valence-electron chi connectivity index (χ0n) is 18.6. The molecule has 0 saturated carbocycles. The zero-order valence-corrected chi connectivity index (χ0v) is 19.5. The van der Waals surface area contributed by atoms with Gasteiger partial charge in [-0.05, 0) is 48.2 Å². The molecule has 4 rings (SSSR count). The van der Waals surface area contributed by atoms with Crippen LogP contribution in [0.4, 0.5) is 18.3 Å². The van der Waals surface area contributed by atoms with Crippen LogP contribution in [-0.4, -0.2) is 35.5 Å². The van der Waals surface area contributed by atoms with Crippen LogP contribution in [0.25, 0.3) is 0 Å². The van der Waals surface area contributed by atoms with Crippen molar-refractivity contribution < 1.29 is 22.7 Å². The second-order valence-electron chi connectivity index (χ2n) is 8.20. The summed E-state index contributed by atoms with van der Waals surface area (Å²) in [4.78, 5) is 19.4. The van der Waals surface area contributed by atoms with Crippen LogP contribution < -0.4 is 15.0 Å². The molecule has 1 fully saturated rings. The van der Waals surface area contributed by atoms with E-state index in [2.05, 4.69) is 19.6 Å². The fraction of sp³-hybridized carbons (Fsp3) is 0.375. The van der Waals surface area contributed by atoms with Gasteiger partial charge < -0.3 is 15.0 Å². The largest absolute Gasteiger partial charge is 0.497 e. The molecule has 6 nitrogen and oxygen atoms in total. The lowest BCUT2D eigenvalue weighted by atomic mass is 9.96.